The van der Waals surface area contributed by atoms with Crippen molar-refractivity contribution in [3.63, 3.8) is 0 Å². The van der Waals surface area contributed by atoms with E-state index in [9.17, 15) is 33.6 Å². The number of rotatable bonds is 26. The fourth-order valence-corrected chi connectivity index (χ4v) is 10.1. The first kappa shape index (κ1) is 58.9. The molecule has 0 radical (unpaired) electrons. The minimum absolute atomic E-state index is 0.0523. The molecule has 0 saturated carbocycles. The van der Waals surface area contributed by atoms with Crippen LogP contribution in [0.4, 0.5) is 4.79 Å². The molecular formula is C53H82N8O11. The molecule has 4 rings (SSSR count). The number of likely N-dealkylation sites (N-methyl/N-ethyl adjacent to an activating group) is 1. The number of benzene rings is 2. The number of hydrogen-bond acceptors (Lipinski definition) is 13. The van der Waals surface area contributed by atoms with Crippen LogP contribution >= 0.6 is 0 Å². The maximum Gasteiger partial charge on any atom is 0.410 e. The lowest BCUT2D eigenvalue weighted by Crippen LogP contribution is -2.62. The van der Waals surface area contributed by atoms with E-state index >= 15 is 0 Å². The first-order chi connectivity index (χ1) is 34.1. The number of nitrogens with two attached hydrogens (primary N) is 3. The number of esters is 1. The zero-order valence-electron chi connectivity index (χ0n) is 44.1. The fourth-order valence-electron chi connectivity index (χ4n) is 10.1. The van der Waals surface area contributed by atoms with Crippen molar-refractivity contribution in [1.82, 2.24) is 25.3 Å². The van der Waals surface area contributed by atoms with E-state index in [2.05, 4.69) is 10.6 Å². The Bertz CT molecular complexity index is 2130. The second-order valence-electron chi connectivity index (χ2n) is 20.1. The van der Waals surface area contributed by atoms with E-state index in [0.717, 1.165) is 11.1 Å². The molecule has 2 aliphatic heterocycles. The van der Waals surface area contributed by atoms with E-state index < -0.39 is 83.7 Å². The van der Waals surface area contributed by atoms with Crippen molar-refractivity contribution in [2.24, 2.45) is 35.0 Å². The quantitative estimate of drug-likeness (QED) is 0.0843. The summed E-state index contributed by atoms with van der Waals surface area (Å²) < 4.78 is 22.8. The molecule has 11 atom stereocenters. The van der Waals surface area contributed by atoms with Crippen molar-refractivity contribution >= 4 is 41.6 Å². The third kappa shape index (κ3) is 15.0. The van der Waals surface area contributed by atoms with Crippen molar-refractivity contribution in [2.75, 3.05) is 41.5 Å². The van der Waals surface area contributed by atoms with Crippen LogP contribution in [0, 0.1) is 17.8 Å². The van der Waals surface area contributed by atoms with Crippen molar-refractivity contribution in [1.29, 1.82) is 0 Å². The van der Waals surface area contributed by atoms with Gasteiger partial charge in [-0.1, -0.05) is 95.6 Å². The molecule has 6 amide bonds. The summed E-state index contributed by atoms with van der Waals surface area (Å²) in [5.41, 5.74) is 18.4. The van der Waals surface area contributed by atoms with Gasteiger partial charge < -0.3 is 56.6 Å². The van der Waals surface area contributed by atoms with Gasteiger partial charge in [-0.3, -0.25) is 28.9 Å². The van der Waals surface area contributed by atoms with Gasteiger partial charge in [-0.25, -0.2) is 9.59 Å². The number of nitrogens with one attached hydrogen (secondary N) is 2. The molecule has 19 nitrogen and oxygen atoms in total. The Balaban J connectivity index is 1.43. The highest BCUT2D eigenvalue weighted by molar-refractivity contribution is 5.94. The summed E-state index contributed by atoms with van der Waals surface area (Å²) in [6, 6.07) is 12.4. The second-order valence-corrected chi connectivity index (χ2v) is 20.1. The van der Waals surface area contributed by atoms with Crippen LogP contribution in [0.5, 0.6) is 0 Å². The standard InChI is InChI=1S/C53H82N8O11/c1-11-33(4)45(42(69-8)30-43(62)60-27-15-19-41(60)46(70-9)34(5)48(64)57-40(50(66)71-10)29-35-17-13-12-14-18-35)59(7)49(65)44(32(2)3)58-51(67)53(6)26-16-28-61(53)52(68)72-31-36-20-22-37(23-21-36)38(54)24-25-39(55)47(56)63/h12-14,17-18,20-23,32-34,38-42,44-46H,11,15-16,19,24-31,54-55H2,1-10H3,(H2,56,63)(H,57,64)(H,58,67)/t33-,34+,38?,39-,40-,41-,42+,44-,45-,46+,53-/m0/s1. The third-order valence-corrected chi connectivity index (χ3v) is 14.8. The summed E-state index contributed by atoms with van der Waals surface area (Å²) in [6.07, 6.45) is 1.67. The van der Waals surface area contributed by atoms with Crippen LogP contribution < -0.4 is 27.8 Å². The molecule has 2 aromatic carbocycles. The Morgan fingerprint density at radius 2 is 1.53 bits per heavy atom. The number of ether oxygens (including phenoxy) is 4. The van der Waals surface area contributed by atoms with Gasteiger partial charge in [0.05, 0.1) is 49.8 Å². The molecule has 2 aromatic rings. The normalized spacial score (nSPS) is 20.5. The molecule has 0 spiro atoms. The molecule has 0 aliphatic carbocycles. The highest BCUT2D eigenvalue weighted by Crippen LogP contribution is 2.33. The molecule has 0 bridgehead atoms. The van der Waals surface area contributed by atoms with Crippen LogP contribution in [0.3, 0.4) is 0 Å². The predicted molar refractivity (Wildman–Crippen MR) is 271 cm³/mol. The summed E-state index contributed by atoms with van der Waals surface area (Å²) in [5, 5.41) is 5.85. The number of nitrogens with zero attached hydrogens (tertiary/aromatic N) is 3. The van der Waals surface area contributed by atoms with Crippen LogP contribution in [0.1, 0.15) is 116 Å². The maximum atomic E-state index is 14.7. The number of carbonyl (C=O) groups excluding carboxylic acids is 7. The Morgan fingerprint density at radius 3 is 2.11 bits per heavy atom. The number of hydrogen-bond donors (Lipinski definition) is 5. The SMILES string of the molecule is CC[C@H](C)[C@@H]([C@@H](CC(=O)N1CCC[C@H]1[C@H](OC)[C@@H](C)C(=O)N[C@@H](Cc1ccccc1)C(=O)OC)OC)N(C)C(=O)[C@@H](NC(=O)[C@]1(C)CCCN1C(=O)OCc1ccc(C(N)CC[C@H](N)C(N)=O)cc1)C(C)C. The van der Waals surface area contributed by atoms with E-state index in [0.29, 0.717) is 57.1 Å². The van der Waals surface area contributed by atoms with Gasteiger partial charge in [0.15, 0.2) is 0 Å². The van der Waals surface area contributed by atoms with E-state index in [1.54, 1.807) is 42.8 Å². The summed E-state index contributed by atoms with van der Waals surface area (Å²) in [4.78, 5) is 99.7. The van der Waals surface area contributed by atoms with Crippen molar-refractivity contribution in [2.45, 2.75) is 160 Å². The highest BCUT2D eigenvalue weighted by Gasteiger charge is 2.49. The first-order valence-electron chi connectivity index (χ1n) is 25.3. The maximum absolute atomic E-state index is 14.7. The van der Waals surface area contributed by atoms with Crippen LogP contribution in [0.15, 0.2) is 54.6 Å². The molecule has 2 fully saturated rings. The molecule has 72 heavy (non-hydrogen) atoms. The molecule has 0 aromatic heterocycles. The molecular weight excluding hydrogens is 925 g/mol. The van der Waals surface area contributed by atoms with Gasteiger partial charge in [-0.05, 0) is 74.0 Å². The van der Waals surface area contributed by atoms with Crippen LogP contribution in [-0.4, -0.2) is 146 Å². The third-order valence-electron chi connectivity index (χ3n) is 14.8. The average molecular weight is 1010 g/mol. The van der Waals surface area contributed by atoms with E-state index in [-0.39, 0.29) is 55.7 Å². The lowest BCUT2D eigenvalue weighted by molar-refractivity contribution is -0.149. The van der Waals surface area contributed by atoms with Crippen LogP contribution in [0.2, 0.25) is 0 Å². The van der Waals surface area contributed by atoms with E-state index in [4.69, 9.17) is 36.1 Å². The number of amides is 6. The lowest BCUT2D eigenvalue weighted by Gasteiger charge is -2.41. The zero-order valence-corrected chi connectivity index (χ0v) is 44.1. The molecule has 2 aliphatic rings. The smallest absolute Gasteiger partial charge is 0.410 e. The van der Waals surface area contributed by atoms with Gasteiger partial charge in [0, 0.05) is 46.8 Å². The Hall–Kier alpha value is -5.63. The number of methoxy groups -OCH3 is 3. The Labute approximate surface area is 425 Å². The summed E-state index contributed by atoms with van der Waals surface area (Å²) in [7, 11) is 5.96. The molecule has 400 valence electrons. The summed E-state index contributed by atoms with van der Waals surface area (Å²) in [6.45, 7) is 11.7. The minimum atomic E-state index is -1.31. The number of primary amides is 1. The van der Waals surface area contributed by atoms with Gasteiger partial charge in [0.25, 0.3) is 0 Å². The molecule has 1 unspecified atom stereocenters. The Kier molecular flexibility index (Phi) is 22.5. The van der Waals surface area contributed by atoms with Crippen molar-refractivity contribution < 1.29 is 52.5 Å². The summed E-state index contributed by atoms with van der Waals surface area (Å²) in [5.74, 6) is -3.90. The fraction of sp³-hybridized carbons (Fsp3) is 0.642. The average Bonchev–Trinajstić information content (AvgIpc) is 4.03. The minimum Gasteiger partial charge on any atom is -0.467 e. The van der Waals surface area contributed by atoms with Crippen LogP contribution in [-0.2, 0) is 60.7 Å². The summed E-state index contributed by atoms with van der Waals surface area (Å²) >= 11 is 0. The zero-order chi connectivity index (χ0) is 53.4. The Morgan fingerprint density at radius 1 is 0.861 bits per heavy atom. The molecule has 8 N–H and O–H groups in total. The molecule has 19 heteroatoms. The second kappa shape index (κ2) is 27.4. The van der Waals surface area contributed by atoms with E-state index in [1.807, 2.05) is 70.2 Å². The monoisotopic (exact) mass is 1010 g/mol. The largest absolute Gasteiger partial charge is 0.467 e. The van der Waals surface area contributed by atoms with Gasteiger partial charge in [0.1, 0.15) is 24.2 Å². The van der Waals surface area contributed by atoms with E-state index in [1.165, 1.54) is 26.2 Å². The predicted octanol–water partition coefficient (Wildman–Crippen LogP) is 3.73. The van der Waals surface area contributed by atoms with Gasteiger partial charge >= 0.3 is 12.1 Å². The van der Waals surface area contributed by atoms with Crippen LogP contribution in [0.25, 0.3) is 0 Å². The number of likely N-dealkylation sites (tertiary alicyclic amines) is 2. The molecule has 2 heterocycles. The van der Waals surface area contributed by atoms with Gasteiger partial charge in [0.2, 0.25) is 29.5 Å². The first-order valence-corrected chi connectivity index (χ1v) is 25.3. The molecule has 2 saturated heterocycles. The van der Waals surface area contributed by atoms with Gasteiger partial charge in [-0.15, -0.1) is 0 Å². The highest BCUT2D eigenvalue weighted by atomic mass is 16.6. The number of carbonyl (C=O) groups is 7. The van der Waals surface area contributed by atoms with Crippen molar-refractivity contribution in [3.05, 3.63) is 71.3 Å². The topological polar surface area (TPSA) is 268 Å². The van der Waals surface area contributed by atoms with Gasteiger partial charge in [-0.2, -0.15) is 0 Å². The van der Waals surface area contributed by atoms with Crippen molar-refractivity contribution in [3.8, 4) is 0 Å². The lowest BCUT2D eigenvalue weighted by atomic mass is 9.89.